The number of carbonyl (C=O) groups excluding carboxylic acids is 2. The van der Waals surface area contributed by atoms with Crippen LogP contribution in [0.25, 0.3) is 0 Å². The van der Waals surface area contributed by atoms with E-state index in [9.17, 15) is 9.59 Å². The third-order valence-corrected chi connectivity index (χ3v) is 4.11. The lowest BCUT2D eigenvalue weighted by molar-refractivity contribution is -0.139. The van der Waals surface area contributed by atoms with Crippen LogP contribution in [0.3, 0.4) is 0 Å². The van der Waals surface area contributed by atoms with E-state index < -0.39 is 0 Å². The molecule has 0 aliphatic carbocycles. The first kappa shape index (κ1) is 14.0. The van der Waals surface area contributed by atoms with Crippen LogP contribution >= 0.6 is 0 Å². The van der Waals surface area contributed by atoms with Gasteiger partial charge < -0.3 is 15.1 Å². The Labute approximate surface area is 124 Å². The second kappa shape index (κ2) is 6.22. The number of amides is 2. The van der Waals surface area contributed by atoms with Crippen LogP contribution in [0.1, 0.15) is 24.4 Å². The quantitative estimate of drug-likeness (QED) is 0.861. The van der Waals surface area contributed by atoms with Gasteiger partial charge in [0.05, 0.1) is 12.6 Å². The minimum absolute atomic E-state index is 0.0423. The molecule has 2 aliphatic heterocycles. The van der Waals surface area contributed by atoms with Gasteiger partial charge in [0.2, 0.25) is 11.8 Å². The largest absolute Gasteiger partial charge is 0.338 e. The molecule has 21 heavy (non-hydrogen) atoms. The topological polar surface area (TPSA) is 65.5 Å². The van der Waals surface area contributed by atoms with Crippen LogP contribution in [-0.2, 0) is 9.59 Å². The zero-order chi connectivity index (χ0) is 14.7. The van der Waals surface area contributed by atoms with E-state index in [0.29, 0.717) is 26.1 Å². The van der Waals surface area contributed by atoms with Gasteiger partial charge >= 0.3 is 0 Å². The molecule has 6 nitrogen and oxygen atoms in total. The summed E-state index contributed by atoms with van der Waals surface area (Å²) in [7, 11) is 0. The summed E-state index contributed by atoms with van der Waals surface area (Å²) in [4.78, 5) is 31.6. The Morgan fingerprint density at radius 2 is 2.33 bits per heavy atom. The molecule has 1 aromatic rings. The molecule has 0 spiro atoms. The number of rotatable bonds is 3. The van der Waals surface area contributed by atoms with Crippen LogP contribution in [-0.4, -0.2) is 59.3 Å². The summed E-state index contributed by atoms with van der Waals surface area (Å²) >= 11 is 0. The molecular formula is C15H20N4O2. The Balaban J connectivity index is 1.60. The molecule has 0 radical (unpaired) electrons. The van der Waals surface area contributed by atoms with Gasteiger partial charge in [-0.25, -0.2) is 0 Å². The molecule has 1 N–H and O–H groups in total. The van der Waals surface area contributed by atoms with Crippen molar-refractivity contribution in [1.29, 1.82) is 0 Å². The number of likely N-dealkylation sites (tertiary alicyclic amines) is 1. The number of carbonyl (C=O) groups is 2. The Hall–Kier alpha value is -1.95. The molecular weight excluding hydrogens is 268 g/mol. The van der Waals surface area contributed by atoms with Crippen molar-refractivity contribution >= 4 is 11.8 Å². The number of piperazine rings is 1. The number of hydrogen-bond donors (Lipinski definition) is 1. The molecule has 0 saturated carbocycles. The summed E-state index contributed by atoms with van der Waals surface area (Å²) in [5, 5.41) is 3.41. The third kappa shape index (κ3) is 3.21. The van der Waals surface area contributed by atoms with E-state index in [2.05, 4.69) is 10.3 Å². The molecule has 0 bridgehead atoms. The Morgan fingerprint density at radius 1 is 1.43 bits per heavy atom. The zero-order valence-corrected chi connectivity index (χ0v) is 12.0. The van der Waals surface area contributed by atoms with Crippen LogP contribution in [0.4, 0.5) is 0 Å². The average molecular weight is 288 g/mol. The Morgan fingerprint density at radius 3 is 3.05 bits per heavy atom. The van der Waals surface area contributed by atoms with E-state index in [1.54, 1.807) is 11.1 Å². The normalized spacial score (nSPS) is 22.7. The molecule has 2 saturated heterocycles. The van der Waals surface area contributed by atoms with Crippen molar-refractivity contribution in [3.8, 4) is 0 Å². The minimum atomic E-state index is 0.0423. The smallest absolute Gasteiger partial charge is 0.242 e. The van der Waals surface area contributed by atoms with Crippen molar-refractivity contribution in [2.24, 2.45) is 0 Å². The van der Waals surface area contributed by atoms with Gasteiger partial charge in [-0.15, -0.1) is 0 Å². The lowest BCUT2D eigenvalue weighted by Crippen LogP contribution is -2.51. The van der Waals surface area contributed by atoms with Gasteiger partial charge in [-0.1, -0.05) is 6.07 Å². The maximum absolute atomic E-state index is 12.4. The van der Waals surface area contributed by atoms with E-state index in [-0.39, 0.29) is 24.4 Å². The fraction of sp³-hybridized carbons (Fsp3) is 0.533. The highest BCUT2D eigenvalue weighted by atomic mass is 16.2. The fourth-order valence-corrected chi connectivity index (χ4v) is 2.92. The van der Waals surface area contributed by atoms with Crippen molar-refractivity contribution in [3.63, 3.8) is 0 Å². The molecule has 6 heteroatoms. The SMILES string of the molecule is O=C1CCCN1CC(=O)N1CCNC(c2cccnc2)C1. The number of nitrogens with one attached hydrogen (secondary N) is 1. The molecule has 0 aromatic carbocycles. The average Bonchev–Trinajstić information content (AvgIpc) is 2.93. The molecule has 112 valence electrons. The molecule has 2 aliphatic rings. The van der Waals surface area contributed by atoms with Crippen molar-refractivity contribution in [1.82, 2.24) is 20.1 Å². The minimum Gasteiger partial charge on any atom is -0.338 e. The third-order valence-electron chi connectivity index (χ3n) is 4.11. The van der Waals surface area contributed by atoms with E-state index in [0.717, 1.165) is 18.5 Å². The predicted molar refractivity (Wildman–Crippen MR) is 77.4 cm³/mol. The second-order valence-corrected chi connectivity index (χ2v) is 5.55. The lowest BCUT2D eigenvalue weighted by Gasteiger charge is -2.34. The standard InChI is InChI=1S/C15H20N4O2/c20-14-4-2-7-18(14)11-15(21)19-8-6-17-13(10-19)12-3-1-5-16-9-12/h1,3,5,9,13,17H,2,4,6-8,10-11H2. The van der Waals surface area contributed by atoms with Crippen LogP contribution in [0.15, 0.2) is 24.5 Å². The van der Waals surface area contributed by atoms with Crippen molar-refractivity contribution in [2.75, 3.05) is 32.7 Å². The van der Waals surface area contributed by atoms with Gasteiger partial charge in [0, 0.05) is 45.0 Å². The summed E-state index contributed by atoms with van der Waals surface area (Å²) in [6.07, 6.45) is 5.02. The number of pyridine rings is 1. The van der Waals surface area contributed by atoms with Crippen LogP contribution in [0.2, 0.25) is 0 Å². The van der Waals surface area contributed by atoms with E-state index in [4.69, 9.17) is 0 Å². The monoisotopic (exact) mass is 288 g/mol. The van der Waals surface area contributed by atoms with E-state index >= 15 is 0 Å². The maximum Gasteiger partial charge on any atom is 0.242 e. The van der Waals surface area contributed by atoms with Gasteiger partial charge in [-0.2, -0.15) is 0 Å². The first-order valence-corrected chi connectivity index (χ1v) is 7.43. The molecule has 3 rings (SSSR count). The molecule has 1 atom stereocenters. The van der Waals surface area contributed by atoms with Gasteiger partial charge in [0.25, 0.3) is 0 Å². The van der Waals surface area contributed by atoms with Crippen LogP contribution < -0.4 is 5.32 Å². The highest BCUT2D eigenvalue weighted by Gasteiger charge is 2.28. The van der Waals surface area contributed by atoms with Crippen molar-refractivity contribution in [3.05, 3.63) is 30.1 Å². The predicted octanol–water partition coefficient (Wildman–Crippen LogP) is 0.177. The van der Waals surface area contributed by atoms with Crippen LogP contribution in [0, 0.1) is 0 Å². The second-order valence-electron chi connectivity index (χ2n) is 5.55. The molecule has 2 amide bonds. The maximum atomic E-state index is 12.4. The van der Waals surface area contributed by atoms with Crippen molar-refractivity contribution < 1.29 is 9.59 Å². The van der Waals surface area contributed by atoms with Gasteiger partial charge in [-0.05, 0) is 18.1 Å². The van der Waals surface area contributed by atoms with E-state index in [1.165, 1.54) is 0 Å². The summed E-state index contributed by atoms with van der Waals surface area (Å²) in [5.41, 5.74) is 1.09. The van der Waals surface area contributed by atoms with E-state index in [1.807, 2.05) is 23.2 Å². The summed E-state index contributed by atoms with van der Waals surface area (Å²) in [6.45, 7) is 3.02. The Bertz CT molecular complexity index is 520. The summed E-state index contributed by atoms with van der Waals surface area (Å²) in [6, 6.07) is 4.04. The number of hydrogen-bond acceptors (Lipinski definition) is 4. The molecule has 3 heterocycles. The lowest BCUT2D eigenvalue weighted by atomic mass is 10.1. The number of aromatic nitrogens is 1. The highest BCUT2D eigenvalue weighted by molar-refractivity contribution is 5.86. The number of nitrogens with zero attached hydrogens (tertiary/aromatic N) is 3. The summed E-state index contributed by atoms with van der Waals surface area (Å²) in [5.74, 6) is 0.142. The Kier molecular flexibility index (Phi) is 4.15. The highest BCUT2D eigenvalue weighted by Crippen LogP contribution is 2.17. The van der Waals surface area contributed by atoms with Gasteiger partial charge in [0.15, 0.2) is 0 Å². The summed E-state index contributed by atoms with van der Waals surface area (Å²) < 4.78 is 0. The van der Waals surface area contributed by atoms with Gasteiger partial charge in [-0.3, -0.25) is 14.6 Å². The first-order chi connectivity index (χ1) is 10.2. The molecule has 1 aromatic heterocycles. The molecule has 2 fully saturated rings. The van der Waals surface area contributed by atoms with Crippen LogP contribution in [0.5, 0.6) is 0 Å². The van der Waals surface area contributed by atoms with Crippen molar-refractivity contribution in [2.45, 2.75) is 18.9 Å². The molecule has 1 unspecified atom stereocenters. The fourth-order valence-electron chi connectivity index (χ4n) is 2.92. The first-order valence-electron chi connectivity index (χ1n) is 7.43. The zero-order valence-electron chi connectivity index (χ0n) is 12.0. The van der Waals surface area contributed by atoms with Gasteiger partial charge in [0.1, 0.15) is 0 Å².